The predicted octanol–water partition coefficient (Wildman–Crippen LogP) is 2.12. The molecule has 0 unspecified atom stereocenters. The number of halogens is 4. The largest absolute Gasteiger partial charge is 0.435 e. The Morgan fingerprint density at radius 1 is 1.30 bits per heavy atom. The quantitative estimate of drug-likeness (QED) is 0.292. The normalized spacial score (nSPS) is 12.7. The van der Waals surface area contributed by atoms with Gasteiger partial charge in [0.15, 0.2) is 11.5 Å². The lowest BCUT2D eigenvalue weighted by Gasteiger charge is -2.09. The molecule has 0 saturated heterocycles. The average molecular weight is 288 g/mol. The number of hydrogen-bond donors (Lipinski definition) is 2. The average Bonchev–Trinajstić information content (AvgIpc) is 2.87. The van der Waals surface area contributed by atoms with Gasteiger partial charge in [-0.05, 0) is 18.2 Å². The Kier molecular flexibility index (Phi) is 3.35. The first-order chi connectivity index (χ1) is 9.34. The van der Waals surface area contributed by atoms with E-state index in [1.807, 2.05) is 0 Å². The first-order valence-corrected chi connectivity index (χ1v) is 5.24. The SMILES string of the molecule is NC(=NO)c1c(F)cccc1-n1ccc(C(F)(F)F)n1. The third kappa shape index (κ3) is 2.42. The third-order valence-electron chi connectivity index (χ3n) is 2.48. The molecule has 2 aromatic rings. The molecule has 3 N–H and O–H groups in total. The fraction of sp³-hybridized carbons (Fsp3) is 0.0909. The van der Waals surface area contributed by atoms with Crippen molar-refractivity contribution in [2.45, 2.75) is 6.18 Å². The van der Waals surface area contributed by atoms with E-state index in [4.69, 9.17) is 10.9 Å². The number of amidine groups is 1. The number of oxime groups is 1. The monoisotopic (exact) mass is 288 g/mol. The maximum Gasteiger partial charge on any atom is 0.435 e. The minimum atomic E-state index is -4.62. The van der Waals surface area contributed by atoms with Crippen LogP contribution in [0.4, 0.5) is 17.6 Å². The van der Waals surface area contributed by atoms with E-state index >= 15 is 0 Å². The molecule has 0 amide bonds. The summed E-state index contributed by atoms with van der Waals surface area (Å²) in [6, 6.07) is 4.34. The summed E-state index contributed by atoms with van der Waals surface area (Å²) in [5, 5.41) is 14.6. The van der Waals surface area contributed by atoms with Crippen molar-refractivity contribution < 1.29 is 22.8 Å². The van der Waals surface area contributed by atoms with Crippen LogP contribution in [0.1, 0.15) is 11.3 Å². The van der Waals surface area contributed by atoms with Crippen molar-refractivity contribution >= 4 is 5.84 Å². The predicted molar refractivity (Wildman–Crippen MR) is 61.0 cm³/mol. The van der Waals surface area contributed by atoms with Gasteiger partial charge in [0, 0.05) is 6.20 Å². The molecule has 0 aliphatic heterocycles. The minimum absolute atomic E-state index is 0.0733. The Labute approximate surface area is 109 Å². The number of nitrogens with two attached hydrogens (primary N) is 1. The van der Waals surface area contributed by atoms with Gasteiger partial charge >= 0.3 is 6.18 Å². The van der Waals surface area contributed by atoms with E-state index in [0.29, 0.717) is 0 Å². The lowest BCUT2D eigenvalue weighted by atomic mass is 10.1. The van der Waals surface area contributed by atoms with Crippen molar-refractivity contribution in [1.29, 1.82) is 0 Å². The van der Waals surface area contributed by atoms with Crippen LogP contribution in [0, 0.1) is 5.82 Å². The summed E-state index contributed by atoms with van der Waals surface area (Å²) < 4.78 is 51.9. The first-order valence-electron chi connectivity index (χ1n) is 5.24. The fourth-order valence-electron chi connectivity index (χ4n) is 1.62. The summed E-state index contributed by atoms with van der Waals surface area (Å²) in [7, 11) is 0. The number of alkyl halides is 3. The van der Waals surface area contributed by atoms with Crippen molar-refractivity contribution in [3.63, 3.8) is 0 Å². The van der Waals surface area contributed by atoms with Crippen molar-refractivity contribution in [3.05, 3.63) is 47.5 Å². The van der Waals surface area contributed by atoms with Gasteiger partial charge in [0.2, 0.25) is 0 Å². The van der Waals surface area contributed by atoms with Crippen LogP contribution in [-0.4, -0.2) is 20.8 Å². The highest BCUT2D eigenvalue weighted by Gasteiger charge is 2.34. The van der Waals surface area contributed by atoms with Crippen LogP contribution in [0.3, 0.4) is 0 Å². The summed E-state index contributed by atoms with van der Waals surface area (Å²) in [6.45, 7) is 0. The van der Waals surface area contributed by atoms with Gasteiger partial charge < -0.3 is 10.9 Å². The number of nitrogens with zero attached hydrogens (tertiary/aromatic N) is 3. The molecule has 0 fully saturated rings. The fourth-order valence-corrected chi connectivity index (χ4v) is 1.62. The van der Waals surface area contributed by atoms with Gasteiger partial charge in [-0.2, -0.15) is 18.3 Å². The van der Waals surface area contributed by atoms with Gasteiger partial charge in [0.1, 0.15) is 5.82 Å². The molecule has 106 valence electrons. The van der Waals surface area contributed by atoms with E-state index in [1.165, 1.54) is 12.1 Å². The molecular weight excluding hydrogens is 280 g/mol. The lowest BCUT2D eigenvalue weighted by Crippen LogP contribution is -2.19. The van der Waals surface area contributed by atoms with Crippen LogP contribution >= 0.6 is 0 Å². The van der Waals surface area contributed by atoms with E-state index < -0.39 is 23.5 Å². The summed E-state index contributed by atoms with van der Waals surface area (Å²) >= 11 is 0. The van der Waals surface area contributed by atoms with Crippen molar-refractivity contribution in [2.75, 3.05) is 0 Å². The molecule has 5 nitrogen and oxygen atoms in total. The second kappa shape index (κ2) is 4.83. The topological polar surface area (TPSA) is 76.4 Å². The molecule has 9 heteroatoms. The van der Waals surface area contributed by atoms with Crippen LogP contribution in [0.25, 0.3) is 5.69 Å². The lowest BCUT2D eigenvalue weighted by molar-refractivity contribution is -0.141. The van der Waals surface area contributed by atoms with Gasteiger partial charge in [-0.3, -0.25) is 0 Å². The number of rotatable bonds is 2. The Bertz CT molecular complexity index is 663. The molecule has 1 aromatic heterocycles. The second-order valence-electron chi connectivity index (χ2n) is 3.76. The molecule has 0 atom stereocenters. The zero-order valence-electron chi connectivity index (χ0n) is 9.76. The Hall–Kier alpha value is -2.58. The molecule has 0 spiro atoms. The van der Waals surface area contributed by atoms with E-state index in [-0.39, 0.29) is 11.3 Å². The first kappa shape index (κ1) is 13.8. The van der Waals surface area contributed by atoms with Gasteiger partial charge in [0.05, 0.1) is 11.3 Å². The van der Waals surface area contributed by atoms with Crippen molar-refractivity contribution in [3.8, 4) is 5.69 Å². The van der Waals surface area contributed by atoms with Crippen molar-refractivity contribution in [1.82, 2.24) is 9.78 Å². The molecule has 20 heavy (non-hydrogen) atoms. The molecule has 0 aliphatic rings. The summed E-state index contributed by atoms with van der Waals surface area (Å²) in [5.41, 5.74) is 3.78. The zero-order valence-corrected chi connectivity index (χ0v) is 9.76. The number of benzene rings is 1. The van der Waals surface area contributed by atoms with Crippen LogP contribution in [0.2, 0.25) is 0 Å². The van der Waals surface area contributed by atoms with E-state index in [0.717, 1.165) is 23.0 Å². The molecular formula is C11H8F4N4O. The molecule has 0 aliphatic carbocycles. The van der Waals surface area contributed by atoms with Crippen LogP contribution < -0.4 is 5.73 Å². The summed E-state index contributed by atoms with van der Waals surface area (Å²) in [5.74, 6) is -1.41. The zero-order chi connectivity index (χ0) is 14.9. The summed E-state index contributed by atoms with van der Waals surface area (Å²) in [6.07, 6.45) is -3.61. The molecule has 1 heterocycles. The number of aromatic nitrogens is 2. The highest BCUT2D eigenvalue weighted by atomic mass is 19.4. The van der Waals surface area contributed by atoms with E-state index in [2.05, 4.69) is 10.3 Å². The van der Waals surface area contributed by atoms with Crippen molar-refractivity contribution in [2.24, 2.45) is 10.9 Å². The molecule has 1 aromatic carbocycles. The minimum Gasteiger partial charge on any atom is -0.409 e. The Morgan fingerprint density at radius 2 is 2.00 bits per heavy atom. The molecule has 2 rings (SSSR count). The van der Waals surface area contributed by atoms with E-state index in [1.54, 1.807) is 0 Å². The summed E-state index contributed by atoms with van der Waals surface area (Å²) in [4.78, 5) is 0. The van der Waals surface area contributed by atoms with Gasteiger partial charge in [0.25, 0.3) is 0 Å². The standard InChI is InChI=1S/C11H8F4N4O/c12-6-2-1-3-7(9(6)10(16)18-20)19-5-4-8(17-19)11(13,14)15/h1-5,20H,(H2,16,18). The van der Waals surface area contributed by atoms with Crippen LogP contribution in [-0.2, 0) is 6.18 Å². The Balaban J connectivity index is 2.59. The third-order valence-corrected chi connectivity index (χ3v) is 2.48. The molecule has 0 saturated carbocycles. The maximum atomic E-state index is 13.7. The van der Waals surface area contributed by atoms with Gasteiger partial charge in [-0.25, -0.2) is 9.07 Å². The molecule has 0 radical (unpaired) electrons. The number of hydrogen-bond acceptors (Lipinski definition) is 3. The van der Waals surface area contributed by atoms with Gasteiger partial charge in [-0.1, -0.05) is 11.2 Å². The van der Waals surface area contributed by atoms with Crippen LogP contribution in [0.5, 0.6) is 0 Å². The highest BCUT2D eigenvalue weighted by Crippen LogP contribution is 2.28. The van der Waals surface area contributed by atoms with Crippen LogP contribution in [0.15, 0.2) is 35.6 Å². The smallest absolute Gasteiger partial charge is 0.409 e. The highest BCUT2D eigenvalue weighted by molar-refractivity contribution is 6.00. The van der Waals surface area contributed by atoms with E-state index in [9.17, 15) is 17.6 Å². The Morgan fingerprint density at radius 3 is 2.55 bits per heavy atom. The molecule has 0 bridgehead atoms. The maximum absolute atomic E-state index is 13.7. The van der Waals surface area contributed by atoms with Gasteiger partial charge in [-0.15, -0.1) is 0 Å². The second-order valence-corrected chi connectivity index (χ2v) is 3.76.